The van der Waals surface area contributed by atoms with Gasteiger partial charge in [0.2, 0.25) is 0 Å². The van der Waals surface area contributed by atoms with Gasteiger partial charge >= 0.3 is 0 Å². The van der Waals surface area contributed by atoms with Gasteiger partial charge in [-0.05, 0) is 17.7 Å². The number of ether oxygens (including phenoxy) is 2. The number of halogens is 1. The van der Waals surface area contributed by atoms with Crippen LogP contribution in [0.5, 0.6) is 5.75 Å². The molecule has 0 aromatic heterocycles. The van der Waals surface area contributed by atoms with Crippen LogP contribution in [0.2, 0.25) is 0 Å². The molecule has 6 nitrogen and oxygen atoms in total. The van der Waals surface area contributed by atoms with Crippen LogP contribution in [0.1, 0.15) is 5.56 Å². The van der Waals surface area contributed by atoms with Crippen LogP contribution in [0, 0.1) is 0 Å². The third-order valence-electron chi connectivity index (χ3n) is 3.56. The van der Waals surface area contributed by atoms with Crippen molar-refractivity contribution in [1.82, 2.24) is 9.80 Å². The van der Waals surface area contributed by atoms with Crippen molar-refractivity contribution in [3.63, 3.8) is 0 Å². The summed E-state index contributed by atoms with van der Waals surface area (Å²) < 4.78 is 11.2. The Labute approximate surface area is 155 Å². The van der Waals surface area contributed by atoms with E-state index in [1.165, 1.54) is 0 Å². The van der Waals surface area contributed by atoms with Gasteiger partial charge in [-0.3, -0.25) is 4.90 Å². The van der Waals surface area contributed by atoms with Crippen molar-refractivity contribution in [2.24, 2.45) is 10.7 Å². The third-order valence-corrected chi connectivity index (χ3v) is 3.56. The second kappa shape index (κ2) is 10.7. The molecule has 0 bridgehead atoms. The normalized spacial score (nSPS) is 15.8. The molecular formula is C16H27IN4O2. The van der Waals surface area contributed by atoms with Gasteiger partial charge in [-0.1, -0.05) is 12.1 Å². The van der Waals surface area contributed by atoms with Crippen molar-refractivity contribution in [2.75, 3.05) is 53.6 Å². The molecule has 0 unspecified atom stereocenters. The molecule has 1 aromatic rings. The Morgan fingerprint density at radius 1 is 1.35 bits per heavy atom. The van der Waals surface area contributed by atoms with Crippen molar-refractivity contribution in [3.8, 4) is 5.75 Å². The summed E-state index contributed by atoms with van der Waals surface area (Å²) in [6, 6.07) is 8.01. The number of nitrogens with zero attached hydrogens (tertiary/aromatic N) is 3. The van der Waals surface area contributed by atoms with Crippen molar-refractivity contribution in [1.29, 1.82) is 0 Å². The molecule has 0 spiro atoms. The molecule has 2 rings (SSSR count). The summed E-state index contributed by atoms with van der Waals surface area (Å²) in [6.07, 6.45) is 0. The van der Waals surface area contributed by atoms with Crippen LogP contribution in [-0.2, 0) is 11.3 Å². The molecule has 1 fully saturated rings. The van der Waals surface area contributed by atoms with E-state index in [0.717, 1.165) is 44.2 Å². The first-order valence-electron chi connectivity index (χ1n) is 7.64. The van der Waals surface area contributed by atoms with Crippen molar-refractivity contribution >= 4 is 29.9 Å². The monoisotopic (exact) mass is 434 g/mol. The molecule has 23 heavy (non-hydrogen) atoms. The van der Waals surface area contributed by atoms with E-state index in [2.05, 4.69) is 9.89 Å². The van der Waals surface area contributed by atoms with Gasteiger partial charge < -0.3 is 20.1 Å². The molecule has 0 atom stereocenters. The lowest BCUT2D eigenvalue weighted by Crippen LogP contribution is -2.38. The lowest BCUT2D eigenvalue weighted by Gasteiger charge is -2.26. The smallest absolute Gasteiger partial charge is 0.191 e. The zero-order valence-corrected chi connectivity index (χ0v) is 16.2. The Hall–Kier alpha value is -1.06. The molecule has 1 aliphatic heterocycles. The predicted molar refractivity (Wildman–Crippen MR) is 104 cm³/mol. The second-order valence-electron chi connectivity index (χ2n) is 5.52. The molecule has 1 saturated heterocycles. The summed E-state index contributed by atoms with van der Waals surface area (Å²) in [5.74, 6) is 1.41. The molecule has 130 valence electrons. The van der Waals surface area contributed by atoms with E-state index >= 15 is 0 Å². The Kier molecular flexibility index (Phi) is 9.27. The molecule has 2 N–H and O–H groups in total. The van der Waals surface area contributed by atoms with E-state index in [9.17, 15) is 0 Å². The summed E-state index contributed by atoms with van der Waals surface area (Å²) in [5.41, 5.74) is 6.89. The minimum atomic E-state index is 0. The summed E-state index contributed by atoms with van der Waals surface area (Å²) in [7, 11) is 3.76. The Morgan fingerprint density at radius 2 is 2.09 bits per heavy atom. The van der Waals surface area contributed by atoms with E-state index in [1.807, 2.05) is 38.4 Å². The molecule has 0 saturated carbocycles. The minimum absolute atomic E-state index is 0. The van der Waals surface area contributed by atoms with Crippen molar-refractivity contribution < 1.29 is 9.47 Å². The maximum atomic E-state index is 5.83. The van der Waals surface area contributed by atoms with Crippen LogP contribution in [0.25, 0.3) is 0 Å². The van der Waals surface area contributed by atoms with E-state index in [4.69, 9.17) is 15.2 Å². The number of rotatable bonds is 6. The number of guanidine groups is 1. The van der Waals surface area contributed by atoms with Crippen molar-refractivity contribution in [3.05, 3.63) is 29.8 Å². The molecule has 1 aliphatic rings. The number of morpholine rings is 1. The Bertz CT molecular complexity index is 491. The molecule has 0 amide bonds. The van der Waals surface area contributed by atoms with E-state index in [-0.39, 0.29) is 24.0 Å². The van der Waals surface area contributed by atoms with Crippen LogP contribution in [0.4, 0.5) is 0 Å². The van der Waals surface area contributed by atoms with Crippen LogP contribution >= 0.6 is 24.0 Å². The quantitative estimate of drug-likeness (QED) is 0.417. The highest BCUT2D eigenvalue weighted by atomic mass is 127. The minimum Gasteiger partial charge on any atom is -0.492 e. The summed E-state index contributed by atoms with van der Waals surface area (Å²) in [4.78, 5) is 8.48. The molecule has 1 heterocycles. The SMILES string of the molecule is CN(C)C(N)=NCc1cccc(OCCN2CCOCC2)c1.I. The number of hydrogen-bond donors (Lipinski definition) is 1. The van der Waals surface area contributed by atoms with Gasteiger partial charge in [0.05, 0.1) is 19.8 Å². The predicted octanol–water partition coefficient (Wildman–Crippen LogP) is 1.39. The average molecular weight is 434 g/mol. The van der Waals surface area contributed by atoms with Crippen LogP contribution in [0.15, 0.2) is 29.3 Å². The summed E-state index contributed by atoms with van der Waals surface area (Å²) in [6.45, 7) is 5.79. The molecule has 0 radical (unpaired) electrons. The maximum Gasteiger partial charge on any atom is 0.191 e. The van der Waals surface area contributed by atoms with E-state index < -0.39 is 0 Å². The molecule has 7 heteroatoms. The molecule has 0 aliphatic carbocycles. The third kappa shape index (κ3) is 7.36. The summed E-state index contributed by atoms with van der Waals surface area (Å²) >= 11 is 0. The standard InChI is InChI=1S/C16H26N4O2.HI/c1-19(2)16(17)18-13-14-4-3-5-15(12-14)22-11-8-20-6-9-21-10-7-20;/h3-5,12H,6-11,13H2,1-2H3,(H2,17,18);1H. The van der Waals surface area contributed by atoms with Crippen LogP contribution < -0.4 is 10.5 Å². The van der Waals surface area contributed by atoms with Gasteiger partial charge in [0.1, 0.15) is 12.4 Å². The van der Waals surface area contributed by atoms with Crippen LogP contribution in [-0.4, -0.2) is 69.3 Å². The fourth-order valence-corrected chi connectivity index (χ4v) is 2.16. The van der Waals surface area contributed by atoms with Gasteiger partial charge in [-0.2, -0.15) is 0 Å². The van der Waals surface area contributed by atoms with E-state index in [1.54, 1.807) is 4.90 Å². The van der Waals surface area contributed by atoms with Gasteiger partial charge in [-0.25, -0.2) is 4.99 Å². The van der Waals surface area contributed by atoms with Gasteiger partial charge in [0.25, 0.3) is 0 Å². The fourth-order valence-electron chi connectivity index (χ4n) is 2.16. The zero-order valence-electron chi connectivity index (χ0n) is 13.9. The highest BCUT2D eigenvalue weighted by molar-refractivity contribution is 14.0. The van der Waals surface area contributed by atoms with Gasteiger partial charge in [0, 0.05) is 33.7 Å². The number of nitrogens with two attached hydrogens (primary N) is 1. The maximum absolute atomic E-state index is 5.83. The highest BCUT2D eigenvalue weighted by Crippen LogP contribution is 2.14. The Morgan fingerprint density at radius 3 is 2.78 bits per heavy atom. The zero-order chi connectivity index (χ0) is 15.8. The van der Waals surface area contributed by atoms with Gasteiger partial charge in [0.15, 0.2) is 5.96 Å². The lowest BCUT2D eigenvalue weighted by atomic mass is 10.2. The topological polar surface area (TPSA) is 63.3 Å². The fraction of sp³-hybridized carbons (Fsp3) is 0.562. The highest BCUT2D eigenvalue weighted by Gasteiger charge is 2.09. The molecule has 1 aromatic carbocycles. The first kappa shape index (κ1) is 20.0. The van der Waals surface area contributed by atoms with Crippen LogP contribution in [0.3, 0.4) is 0 Å². The van der Waals surface area contributed by atoms with E-state index in [0.29, 0.717) is 19.1 Å². The van der Waals surface area contributed by atoms with Crippen molar-refractivity contribution in [2.45, 2.75) is 6.54 Å². The lowest BCUT2D eigenvalue weighted by molar-refractivity contribution is 0.0322. The largest absolute Gasteiger partial charge is 0.492 e. The number of benzene rings is 1. The first-order valence-corrected chi connectivity index (χ1v) is 7.64. The first-order chi connectivity index (χ1) is 10.6. The number of aliphatic imine (C=N–C) groups is 1. The number of hydrogen-bond acceptors (Lipinski definition) is 4. The second-order valence-corrected chi connectivity index (χ2v) is 5.52. The van der Waals surface area contributed by atoms with Gasteiger partial charge in [-0.15, -0.1) is 24.0 Å². The summed E-state index contributed by atoms with van der Waals surface area (Å²) in [5, 5.41) is 0. The average Bonchev–Trinajstić information content (AvgIpc) is 2.54. The Balaban J connectivity index is 0.00000264. The molecular weight excluding hydrogens is 407 g/mol.